The third-order valence-corrected chi connectivity index (χ3v) is 3.42. The number of carbonyl (C=O) groups is 1. The van der Waals surface area contributed by atoms with Gasteiger partial charge in [-0.1, -0.05) is 24.0 Å². The molecule has 2 rings (SSSR count). The van der Waals surface area contributed by atoms with Gasteiger partial charge < -0.3 is 15.2 Å². The average molecular weight is 287 g/mol. The number of aliphatic hydroxyl groups excluding tert-OH is 1. The SMILES string of the molecule is COc1csc(C(=O)Nc2ccccc2C#CCO)c1. The lowest BCUT2D eigenvalue weighted by Crippen LogP contribution is -2.11. The zero-order valence-corrected chi connectivity index (χ0v) is 11.7. The zero-order chi connectivity index (χ0) is 14.4. The second kappa shape index (κ2) is 6.75. The van der Waals surface area contributed by atoms with Gasteiger partial charge in [0.1, 0.15) is 12.4 Å². The Balaban J connectivity index is 2.19. The van der Waals surface area contributed by atoms with Crippen molar-refractivity contribution in [3.63, 3.8) is 0 Å². The maximum Gasteiger partial charge on any atom is 0.265 e. The van der Waals surface area contributed by atoms with Crippen LogP contribution in [0.1, 0.15) is 15.2 Å². The molecule has 20 heavy (non-hydrogen) atoms. The van der Waals surface area contributed by atoms with Crippen molar-refractivity contribution in [2.75, 3.05) is 19.0 Å². The van der Waals surface area contributed by atoms with Gasteiger partial charge in [-0.05, 0) is 12.1 Å². The minimum atomic E-state index is -0.218. The number of nitrogens with one attached hydrogen (secondary N) is 1. The van der Waals surface area contributed by atoms with Crippen molar-refractivity contribution >= 4 is 22.9 Å². The van der Waals surface area contributed by atoms with E-state index in [0.29, 0.717) is 21.9 Å². The number of para-hydroxylation sites is 1. The number of anilines is 1. The molecule has 4 nitrogen and oxygen atoms in total. The van der Waals surface area contributed by atoms with Crippen LogP contribution in [0.4, 0.5) is 5.69 Å². The number of hydrogen-bond acceptors (Lipinski definition) is 4. The highest BCUT2D eigenvalue weighted by molar-refractivity contribution is 7.12. The Hall–Kier alpha value is -2.29. The van der Waals surface area contributed by atoms with Crippen LogP contribution in [0.3, 0.4) is 0 Å². The third-order valence-electron chi connectivity index (χ3n) is 2.51. The fourth-order valence-electron chi connectivity index (χ4n) is 1.56. The Morgan fingerprint density at radius 2 is 2.25 bits per heavy atom. The van der Waals surface area contributed by atoms with Crippen LogP contribution >= 0.6 is 11.3 Å². The number of benzene rings is 1. The molecule has 0 spiro atoms. The molecule has 102 valence electrons. The standard InChI is InChI=1S/C15H13NO3S/c1-19-12-9-14(20-10-12)15(18)16-13-7-3-2-5-11(13)6-4-8-17/h2-3,5,7,9-10,17H,8H2,1H3,(H,16,18). The highest BCUT2D eigenvalue weighted by atomic mass is 32.1. The minimum absolute atomic E-state index is 0.212. The van der Waals surface area contributed by atoms with Crippen molar-refractivity contribution in [3.05, 3.63) is 46.2 Å². The van der Waals surface area contributed by atoms with E-state index in [9.17, 15) is 4.79 Å². The van der Waals surface area contributed by atoms with E-state index in [4.69, 9.17) is 9.84 Å². The molecule has 1 heterocycles. The van der Waals surface area contributed by atoms with Crippen molar-refractivity contribution in [3.8, 4) is 17.6 Å². The summed E-state index contributed by atoms with van der Waals surface area (Å²) in [5.74, 6) is 5.82. The number of amides is 1. The van der Waals surface area contributed by atoms with Gasteiger partial charge in [-0.3, -0.25) is 4.79 Å². The lowest BCUT2D eigenvalue weighted by Gasteiger charge is -2.05. The van der Waals surface area contributed by atoms with Gasteiger partial charge in [0.25, 0.3) is 5.91 Å². The molecule has 0 atom stereocenters. The van der Waals surface area contributed by atoms with Crippen LogP contribution in [-0.4, -0.2) is 24.7 Å². The maximum atomic E-state index is 12.1. The summed E-state index contributed by atoms with van der Waals surface area (Å²) in [7, 11) is 1.56. The van der Waals surface area contributed by atoms with E-state index in [2.05, 4.69) is 17.2 Å². The van der Waals surface area contributed by atoms with E-state index in [1.54, 1.807) is 30.7 Å². The van der Waals surface area contributed by atoms with Gasteiger partial charge >= 0.3 is 0 Å². The van der Waals surface area contributed by atoms with Crippen LogP contribution in [-0.2, 0) is 0 Å². The van der Waals surface area contributed by atoms with E-state index in [1.807, 2.05) is 12.1 Å². The van der Waals surface area contributed by atoms with E-state index in [1.165, 1.54) is 11.3 Å². The Morgan fingerprint density at radius 3 is 2.95 bits per heavy atom. The largest absolute Gasteiger partial charge is 0.496 e. The van der Waals surface area contributed by atoms with Gasteiger partial charge in [-0.15, -0.1) is 11.3 Å². The molecule has 2 N–H and O–H groups in total. The smallest absolute Gasteiger partial charge is 0.265 e. The molecule has 0 saturated heterocycles. The van der Waals surface area contributed by atoms with Crippen molar-refractivity contribution in [1.82, 2.24) is 0 Å². The predicted molar refractivity (Wildman–Crippen MR) is 79.2 cm³/mol. The molecule has 0 saturated carbocycles. The van der Waals surface area contributed by atoms with Crippen LogP contribution in [0.2, 0.25) is 0 Å². The average Bonchev–Trinajstić information content (AvgIpc) is 2.95. The quantitative estimate of drug-likeness (QED) is 0.852. The Bertz CT molecular complexity index is 667. The van der Waals surface area contributed by atoms with Crippen LogP contribution in [0.25, 0.3) is 0 Å². The Labute approximate surface area is 121 Å². The maximum absolute atomic E-state index is 12.1. The molecule has 0 aliphatic heterocycles. The molecule has 0 bridgehead atoms. The van der Waals surface area contributed by atoms with Crippen molar-refractivity contribution in [2.45, 2.75) is 0 Å². The highest BCUT2D eigenvalue weighted by Crippen LogP contribution is 2.23. The summed E-state index contributed by atoms with van der Waals surface area (Å²) >= 11 is 1.31. The molecule has 1 amide bonds. The first-order chi connectivity index (χ1) is 9.74. The van der Waals surface area contributed by atoms with Gasteiger partial charge in [0, 0.05) is 17.0 Å². The number of thiophene rings is 1. The van der Waals surface area contributed by atoms with Crippen LogP contribution in [0.15, 0.2) is 35.7 Å². The third kappa shape index (κ3) is 3.38. The summed E-state index contributed by atoms with van der Waals surface area (Å²) in [6, 6.07) is 8.87. The summed E-state index contributed by atoms with van der Waals surface area (Å²) in [6.07, 6.45) is 0. The fraction of sp³-hybridized carbons (Fsp3) is 0.133. The molecule has 0 unspecified atom stereocenters. The van der Waals surface area contributed by atoms with Gasteiger partial charge in [0.05, 0.1) is 17.7 Å². The van der Waals surface area contributed by atoms with Gasteiger partial charge in [0.15, 0.2) is 0 Å². The monoisotopic (exact) mass is 287 g/mol. The summed E-state index contributed by atoms with van der Waals surface area (Å²) < 4.78 is 5.05. The molecule has 0 aliphatic carbocycles. The van der Waals surface area contributed by atoms with E-state index in [0.717, 1.165) is 0 Å². The first kappa shape index (κ1) is 14.1. The molecule has 0 fully saturated rings. The molecular formula is C15H13NO3S. The molecular weight excluding hydrogens is 274 g/mol. The van der Waals surface area contributed by atoms with Crippen LogP contribution < -0.4 is 10.1 Å². The molecule has 2 aromatic rings. The molecule has 1 aromatic heterocycles. The second-order valence-corrected chi connectivity index (χ2v) is 4.72. The van der Waals surface area contributed by atoms with Crippen LogP contribution in [0, 0.1) is 11.8 Å². The summed E-state index contributed by atoms with van der Waals surface area (Å²) in [5, 5.41) is 13.3. The first-order valence-corrected chi connectivity index (χ1v) is 6.75. The molecule has 1 aromatic carbocycles. The number of hydrogen-bond donors (Lipinski definition) is 2. The number of aliphatic hydroxyl groups is 1. The van der Waals surface area contributed by atoms with Crippen molar-refractivity contribution in [1.29, 1.82) is 0 Å². The predicted octanol–water partition coefficient (Wildman–Crippen LogP) is 2.35. The lowest BCUT2D eigenvalue weighted by molar-refractivity contribution is 0.103. The number of methoxy groups -OCH3 is 1. The van der Waals surface area contributed by atoms with Gasteiger partial charge in [-0.25, -0.2) is 0 Å². The summed E-state index contributed by atoms with van der Waals surface area (Å²) in [5.41, 5.74) is 1.28. The van der Waals surface area contributed by atoms with Crippen LogP contribution in [0.5, 0.6) is 5.75 Å². The van der Waals surface area contributed by atoms with E-state index in [-0.39, 0.29) is 12.5 Å². The number of carbonyl (C=O) groups excluding carboxylic acids is 1. The topological polar surface area (TPSA) is 58.6 Å². The van der Waals surface area contributed by atoms with Crippen molar-refractivity contribution < 1.29 is 14.6 Å². The summed E-state index contributed by atoms with van der Waals surface area (Å²) in [4.78, 5) is 12.7. The first-order valence-electron chi connectivity index (χ1n) is 5.87. The highest BCUT2D eigenvalue weighted by Gasteiger charge is 2.11. The molecule has 5 heteroatoms. The normalized spacial score (nSPS) is 9.50. The van der Waals surface area contributed by atoms with Gasteiger partial charge in [0.2, 0.25) is 0 Å². The number of ether oxygens (including phenoxy) is 1. The Kier molecular flexibility index (Phi) is 4.77. The molecule has 0 aliphatic rings. The Morgan fingerprint density at radius 1 is 1.45 bits per heavy atom. The summed E-state index contributed by atoms with van der Waals surface area (Å²) in [6.45, 7) is -0.218. The molecule has 0 radical (unpaired) electrons. The van der Waals surface area contributed by atoms with E-state index < -0.39 is 0 Å². The van der Waals surface area contributed by atoms with Gasteiger partial charge in [-0.2, -0.15) is 0 Å². The fourth-order valence-corrected chi connectivity index (χ4v) is 2.31. The van der Waals surface area contributed by atoms with Crippen molar-refractivity contribution in [2.24, 2.45) is 0 Å². The minimum Gasteiger partial charge on any atom is -0.496 e. The number of rotatable bonds is 3. The second-order valence-electron chi connectivity index (χ2n) is 3.81. The zero-order valence-electron chi connectivity index (χ0n) is 10.8. The lowest BCUT2D eigenvalue weighted by atomic mass is 10.2. The van der Waals surface area contributed by atoms with E-state index >= 15 is 0 Å².